The Balaban J connectivity index is 1.93. The van der Waals surface area contributed by atoms with Crippen molar-refractivity contribution in [1.29, 1.82) is 0 Å². The lowest BCUT2D eigenvalue weighted by Crippen LogP contribution is -2.36. The minimum atomic E-state index is 0.710. The average molecular weight is 262 g/mol. The Morgan fingerprint density at radius 1 is 1.26 bits per heavy atom. The van der Waals surface area contributed by atoms with Crippen LogP contribution in [0.2, 0.25) is 0 Å². The van der Waals surface area contributed by atoms with Crippen LogP contribution < -0.4 is 10.6 Å². The monoisotopic (exact) mass is 262 g/mol. The summed E-state index contributed by atoms with van der Waals surface area (Å²) in [5.74, 6) is 2.26. The van der Waals surface area contributed by atoms with Crippen molar-refractivity contribution in [2.24, 2.45) is 18.7 Å². The summed E-state index contributed by atoms with van der Waals surface area (Å²) < 4.78 is 2.08. The van der Waals surface area contributed by atoms with E-state index in [0.717, 1.165) is 24.1 Å². The molecule has 1 aliphatic heterocycles. The number of aryl methyl sites for hydroxylation is 2. The second-order valence-corrected chi connectivity index (χ2v) is 6.14. The molecule has 19 heavy (non-hydrogen) atoms. The number of hydrogen-bond acceptors (Lipinski definition) is 3. The van der Waals surface area contributed by atoms with E-state index in [9.17, 15) is 0 Å². The molecule has 3 rings (SSSR count). The minimum Gasteiger partial charge on any atom is -0.353 e. The molecule has 1 saturated carbocycles. The van der Waals surface area contributed by atoms with Gasteiger partial charge in [-0.05, 0) is 45.1 Å². The van der Waals surface area contributed by atoms with Crippen molar-refractivity contribution in [3.63, 3.8) is 0 Å². The highest BCUT2D eigenvalue weighted by Gasteiger charge is 2.37. The summed E-state index contributed by atoms with van der Waals surface area (Å²) in [4.78, 5) is 2.63. The minimum absolute atomic E-state index is 0.710. The number of aromatic nitrogens is 2. The maximum Gasteiger partial charge on any atom is 0.130 e. The molecule has 106 valence electrons. The first kappa shape index (κ1) is 13.0. The molecule has 2 aliphatic rings. The first-order chi connectivity index (χ1) is 9.22. The van der Waals surface area contributed by atoms with Gasteiger partial charge in [0.05, 0.1) is 5.69 Å². The Kier molecular flexibility index (Phi) is 3.52. The van der Waals surface area contributed by atoms with Gasteiger partial charge in [-0.1, -0.05) is 12.8 Å². The zero-order chi connectivity index (χ0) is 13.4. The highest BCUT2D eigenvalue weighted by Crippen LogP contribution is 2.40. The van der Waals surface area contributed by atoms with Gasteiger partial charge in [0.25, 0.3) is 0 Å². The maximum atomic E-state index is 5.78. The third kappa shape index (κ3) is 2.16. The van der Waals surface area contributed by atoms with Crippen LogP contribution in [0.25, 0.3) is 0 Å². The molecule has 1 saturated heterocycles. The molecule has 0 aromatic carbocycles. The third-order valence-corrected chi connectivity index (χ3v) is 4.99. The molecular weight excluding hydrogens is 236 g/mol. The molecule has 1 aliphatic carbocycles. The Morgan fingerprint density at radius 3 is 2.84 bits per heavy atom. The van der Waals surface area contributed by atoms with Gasteiger partial charge in [-0.25, -0.2) is 0 Å². The Hall–Kier alpha value is -1.03. The van der Waals surface area contributed by atoms with Gasteiger partial charge in [0.1, 0.15) is 5.82 Å². The Bertz CT molecular complexity index is 451. The van der Waals surface area contributed by atoms with Gasteiger partial charge in [-0.2, -0.15) is 5.10 Å². The maximum absolute atomic E-state index is 5.78. The molecule has 1 aromatic heterocycles. The van der Waals surface area contributed by atoms with Crippen LogP contribution in [0, 0.1) is 12.8 Å². The number of hydrogen-bond donors (Lipinski definition) is 1. The molecule has 4 heteroatoms. The van der Waals surface area contributed by atoms with Gasteiger partial charge >= 0.3 is 0 Å². The van der Waals surface area contributed by atoms with E-state index in [1.165, 1.54) is 50.0 Å². The lowest BCUT2D eigenvalue weighted by molar-refractivity contribution is 0.340. The van der Waals surface area contributed by atoms with E-state index in [1.807, 2.05) is 0 Å². The second-order valence-electron chi connectivity index (χ2n) is 6.14. The number of rotatable bonds is 3. The van der Waals surface area contributed by atoms with Crippen LogP contribution in [-0.4, -0.2) is 28.9 Å². The standard InChI is InChI=1S/C15H26N4/c1-11-13(7-9-16)15(18(2)17-11)19-10-8-12-5-3-4-6-14(12)19/h12,14H,3-10,16H2,1-2H3. The average Bonchev–Trinajstić information content (AvgIpc) is 2.92. The molecule has 2 N–H and O–H groups in total. The molecule has 0 amide bonds. The summed E-state index contributed by atoms with van der Waals surface area (Å²) in [6, 6.07) is 0.750. The van der Waals surface area contributed by atoms with E-state index in [-0.39, 0.29) is 0 Å². The van der Waals surface area contributed by atoms with Crippen molar-refractivity contribution < 1.29 is 0 Å². The van der Waals surface area contributed by atoms with Crippen LogP contribution in [0.15, 0.2) is 0 Å². The first-order valence-electron chi connectivity index (χ1n) is 7.71. The van der Waals surface area contributed by atoms with E-state index >= 15 is 0 Å². The molecule has 2 fully saturated rings. The molecular formula is C15H26N4. The summed E-state index contributed by atoms with van der Waals surface area (Å²) in [7, 11) is 2.08. The van der Waals surface area contributed by atoms with Gasteiger partial charge in [-0.15, -0.1) is 0 Å². The lowest BCUT2D eigenvalue weighted by Gasteiger charge is -2.33. The number of nitrogens with zero attached hydrogens (tertiary/aromatic N) is 3. The highest BCUT2D eigenvalue weighted by atomic mass is 15.4. The van der Waals surface area contributed by atoms with Crippen LogP contribution in [-0.2, 0) is 13.5 Å². The summed E-state index contributed by atoms with van der Waals surface area (Å²) in [6.07, 6.45) is 7.90. The van der Waals surface area contributed by atoms with Crippen molar-refractivity contribution in [2.45, 2.75) is 51.5 Å². The number of anilines is 1. The fourth-order valence-electron chi connectivity index (χ4n) is 4.15. The molecule has 4 nitrogen and oxygen atoms in total. The van der Waals surface area contributed by atoms with Crippen LogP contribution in [0.1, 0.15) is 43.4 Å². The van der Waals surface area contributed by atoms with Crippen molar-refractivity contribution in [2.75, 3.05) is 18.0 Å². The fraction of sp³-hybridized carbons (Fsp3) is 0.800. The summed E-state index contributed by atoms with van der Waals surface area (Å²) in [6.45, 7) is 4.02. The predicted molar refractivity (Wildman–Crippen MR) is 78.4 cm³/mol. The Labute approximate surface area is 116 Å². The molecule has 1 aromatic rings. The van der Waals surface area contributed by atoms with Gasteiger partial charge in [0, 0.05) is 25.2 Å². The zero-order valence-electron chi connectivity index (χ0n) is 12.2. The van der Waals surface area contributed by atoms with Crippen molar-refractivity contribution >= 4 is 5.82 Å². The summed E-state index contributed by atoms with van der Waals surface area (Å²) >= 11 is 0. The van der Waals surface area contributed by atoms with Crippen molar-refractivity contribution in [3.05, 3.63) is 11.3 Å². The van der Waals surface area contributed by atoms with E-state index in [1.54, 1.807) is 0 Å². The molecule has 2 atom stereocenters. The van der Waals surface area contributed by atoms with E-state index < -0.39 is 0 Å². The van der Waals surface area contributed by atoms with Gasteiger partial charge < -0.3 is 10.6 Å². The molecule has 2 heterocycles. The topological polar surface area (TPSA) is 47.1 Å². The molecule has 2 unspecified atom stereocenters. The largest absolute Gasteiger partial charge is 0.353 e. The van der Waals surface area contributed by atoms with E-state index in [4.69, 9.17) is 5.73 Å². The van der Waals surface area contributed by atoms with Crippen molar-refractivity contribution in [1.82, 2.24) is 9.78 Å². The van der Waals surface area contributed by atoms with Crippen LogP contribution >= 0.6 is 0 Å². The molecule has 0 bridgehead atoms. The van der Waals surface area contributed by atoms with Crippen LogP contribution in [0.5, 0.6) is 0 Å². The summed E-state index contributed by atoms with van der Waals surface area (Å²) in [5.41, 5.74) is 8.31. The third-order valence-electron chi connectivity index (χ3n) is 4.99. The predicted octanol–water partition coefficient (Wildman–Crippen LogP) is 2.00. The molecule has 0 spiro atoms. The Morgan fingerprint density at radius 2 is 2.05 bits per heavy atom. The second kappa shape index (κ2) is 5.16. The van der Waals surface area contributed by atoms with Crippen LogP contribution in [0.3, 0.4) is 0 Å². The fourth-order valence-corrected chi connectivity index (χ4v) is 4.15. The lowest BCUT2D eigenvalue weighted by atomic mass is 9.85. The molecule has 0 radical (unpaired) electrons. The van der Waals surface area contributed by atoms with Crippen LogP contribution in [0.4, 0.5) is 5.82 Å². The van der Waals surface area contributed by atoms with Gasteiger partial charge in [0.15, 0.2) is 0 Å². The van der Waals surface area contributed by atoms with E-state index in [0.29, 0.717) is 6.54 Å². The quantitative estimate of drug-likeness (QED) is 0.906. The summed E-state index contributed by atoms with van der Waals surface area (Å²) in [5, 5.41) is 4.63. The van der Waals surface area contributed by atoms with Gasteiger partial charge in [0.2, 0.25) is 0 Å². The number of nitrogens with two attached hydrogens (primary N) is 1. The van der Waals surface area contributed by atoms with Crippen molar-refractivity contribution in [3.8, 4) is 0 Å². The SMILES string of the molecule is Cc1nn(C)c(N2CCC3CCCCC32)c1CCN. The van der Waals surface area contributed by atoms with E-state index in [2.05, 4.69) is 28.7 Å². The van der Waals surface area contributed by atoms with Gasteiger partial charge in [-0.3, -0.25) is 4.68 Å². The first-order valence-corrected chi connectivity index (χ1v) is 7.71. The normalized spacial score (nSPS) is 26.8. The number of fused-ring (bicyclic) bond motifs is 1. The smallest absolute Gasteiger partial charge is 0.130 e. The zero-order valence-corrected chi connectivity index (χ0v) is 12.2. The highest BCUT2D eigenvalue weighted by molar-refractivity contribution is 5.52.